The maximum atomic E-state index is 13.6. The molecule has 0 aliphatic rings. The minimum Gasteiger partial charge on any atom is -0.457 e. The first kappa shape index (κ1) is 29.2. The Hall–Kier alpha value is -3.37. The SMILES string of the molecule is CC(C)NC(=O)[C@@H](C)N(Cc1ccc(Br)cc1)C(=O)CN(c1ccc(Oc2ccccc2)cc1)S(C)(=O)=O. The highest BCUT2D eigenvalue weighted by Gasteiger charge is 2.30. The number of benzene rings is 3. The third kappa shape index (κ3) is 8.32. The van der Waals surface area contributed by atoms with Crippen molar-refractivity contribution in [2.24, 2.45) is 0 Å². The number of anilines is 1. The molecule has 8 nitrogen and oxygen atoms in total. The number of amides is 2. The number of ether oxygens (including phenoxy) is 1. The van der Waals surface area contributed by atoms with Gasteiger partial charge in [-0.15, -0.1) is 0 Å². The summed E-state index contributed by atoms with van der Waals surface area (Å²) in [6, 6.07) is 22.1. The summed E-state index contributed by atoms with van der Waals surface area (Å²) in [6.07, 6.45) is 1.04. The number of hydrogen-bond acceptors (Lipinski definition) is 5. The molecule has 0 radical (unpaired) electrons. The summed E-state index contributed by atoms with van der Waals surface area (Å²) < 4.78 is 33.2. The quantitative estimate of drug-likeness (QED) is 0.335. The molecule has 0 aliphatic heterocycles. The first-order valence-electron chi connectivity index (χ1n) is 12.1. The third-order valence-electron chi connectivity index (χ3n) is 5.65. The molecule has 0 heterocycles. The molecule has 10 heteroatoms. The van der Waals surface area contributed by atoms with E-state index in [0.29, 0.717) is 17.2 Å². The van der Waals surface area contributed by atoms with Crippen LogP contribution >= 0.6 is 15.9 Å². The molecule has 38 heavy (non-hydrogen) atoms. The van der Waals surface area contributed by atoms with E-state index in [1.807, 2.05) is 68.4 Å². The highest BCUT2D eigenvalue weighted by atomic mass is 79.9. The zero-order chi connectivity index (χ0) is 27.9. The molecule has 0 fully saturated rings. The van der Waals surface area contributed by atoms with E-state index in [1.54, 1.807) is 31.2 Å². The molecule has 0 aliphatic carbocycles. The Kier molecular flexibility index (Phi) is 9.93. The highest BCUT2D eigenvalue weighted by molar-refractivity contribution is 9.10. The van der Waals surface area contributed by atoms with Crippen molar-refractivity contribution in [1.82, 2.24) is 10.2 Å². The van der Waals surface area contributed by atoms with Gasteiger partial charge in [0.25, 0.3) is 0 Å². The molecular weight excluding hydrogens is 570 g/mol. The topological polar surface area (TPSA) is 96.0 Å². The first-order chi connectivity index (χ1) is 17.9. The normalized spacial score (nSPS) is 12.1. The maximum Gasteiger partial charge on any atom is 0.244 e. The number of carbonyl (C=O) groups excluding carboxylic acids is 2. The van der Waals surface area contributed by atoms with Crippen molar-refractivity contribution < 1.29 is 22.7 Å². The Bertz CT molecular complexity index is 1330. The van der Waals surface area contributed by atoms with Gasteiger partial charge in [0.05, 0.1) is 11.9 Å². The standard InChI is InChI=1S/C28H32BrN3O5S/c1-20(2)30-28(34)21(3)31(18-22-10-12-23(29)13-11-22)27(33)19-32(38(4,35)36)24-14-16-26(17-15-24)37-25-8-6-5-7-9-25/h5-17,20-21H,18-19H2,1-4H3,(H,30,34)/t21-/m1/s1. The monoisotopic (exact) mass is 601 g/mol. The van der Waals surface area contributed by atoms with Crippen LogP contribution in [0.2, 0.25) is 0 Å². The summed E-state index contributed by atoms with van der Waals surface area (Å²) in [6.45, 7) is 4.98. The predicted molar refractivity (Wildman–Crippen MR) is 153 cm³/mol. The number of nitrogens with one attached hydrogen (secondary N) is 1. The van der Waals surface area contributed by atoms with Crippen molar-refractivity contribution >= 4 is 43.5 Å². The second-order valence-electron chi connectivity index (χ2n) is 9.17. The van der Waals surface area contributed by atoms with Gasteiger partial charge in [-0.05, 0) is 74.9 Å². The molecule has 1 atom stereocenters. The van der Waals surface area contributed by atoms with E-state index in [2.05, 4.69) is 21.2 Å². The van der Waals surface area contributed by atoms with Gasteiger partial charge in [-0.1, -0.05) is 46.3 Å². The molecule has 2 amide bonds. The van der Waals surface area contributed by atoms with Crippen molar-refractivity contribution in [3.63, 3.8) is 0 Å². The van der Waals surface area contributed by atoms with E-state index in [1.165, 1.54) is 4.90 Å². The van der Waals surface area contributed by atoms with Crippen molar-refractivity contribution in [3.8, 4) is 11.5 Å². The molecule has 0 spiro atoms. The summed E-state index contributed by atoms with van der Waals surface area (Å²) in [5.74, 6) is 0.344. The van der Waals surface area contributed by atoms with Crippen LogP contribution in [-0.4, -0.2) is 50.0 Å². The number of sulfonamides is 1. The minimum atomic E-state index is -3.82. The van der Waals surface area contributed by atoms with E-state index < -0.39 is 28.5 Å². The Morgan fingerprint density at radius 1 is 0.895 bits per heavy atom. The lowest BCUT2D eigenvalue weighted by Gasteiger charge is -2.32. The number of halogens is 1. The zero-order valence-corrected chi connectivity index (χ0v) is 24.2. The van der Waals surface area contributed by atoms with Crippen LogP contribution in [0.5, 0.6) is 11.5 Å². The number of nitrogens with zero attached hydrogens (tertiary/aromatic N) is 2. The Balaban J connectivity index is 1.85. The average Bonchev–Trinajstić information content (AvgIpc) is 2.86. The van der Waals surface area contributed by atoms with Crippen molar-refractivity contribution in [2.45, 2.75) is 39.4 Å². The fraction of sp³-hybridized carbons (Fsp3) is 0.286. The summed E-state index contributed by atoms with van der Waals surface area (Å²) >= 11 is 3.40. The van der Waals surface area contributed by atoms with Crippen LogP contribution in [0.25, 0.3) is 0 Å². The van der Waals surface area contributed by atoms with Gasteiger partial charge in [-0.25, -0.2) is 8.42 Å². The number of carbonyl (C=O) groups is 2. The van der Waals surface area contributed by atoms with E-state index in [4.69, 9.17) is 4.74 Å². The molecular formula is C28H32BrN3O5S. The number of para-hydroxylation sites is 1. The smallest absolute Gasteiger partial charge is 0.244 e. The molecule has 0 aromatic heterocycles. The summed E-state index contributed by atoms with van der Waals surface area (Å²) in [7, 11) is -3.82. The van der Waals surface area contributed by atoms with E-state index in [9.17, 15) is 18.0 Å². The first-order valence-corrected chi connectivity index (χ1v) is 14.7. The second-order valence-corrected chi connectivity index (χ2v) is 12.0. The van der Waals surface area contributed by atoms with Gasteiger partial charge >= 0.3 is 0 Å². The molecule has 0 saturated heterocycles. The number of hydrogen-bond donors (Lipinski definition) is 1. The van der Waals surface area contributed by atoms with Gasteiger partial charge in [0.15, 0.2) is 0 Å². The van der Waals surface area contributed by atoms with Crippen LogP contribution in [0.1, 0.15) is 26.3 Å². The molecule has 3 aromatic rings. The Labute approximate surface area is 232 Å². The average molecular weight is 603 g/mol. The van der Waals surface area contributed by atoms with Gasteiger partial charge in [0.2, 0.25) is 21.8 Å². The van der Waals surface area contributed by atoms with Crippen LogP contribution in [0.3, 0.4) is 0 Å². The molecule has 0 bridgehead atoms. The van der Waals surface area contributed by atoms with Gasteiger partial charge in [-0.2, -0.15) is 0 Å². The second kappa shape index (κ2) is 12.9. The van der Waals surface area contributed by atoms with Crippen LogP contribution in [-0.2, 0) is 26.2 Å². The number of rotatable bonds is 11. The maximum absolute atomic E-state index is 13.6. The molecule has 1 N–H and O–H groups in total. The minimum absolute atomic E-state index is 0.112. The fourth-order valence-electron chi connectivity index (χ4n) is 3.69. The third-order valence-corrected chi connectivity index (χ3v) is 7.32. The fourth-order valence-corrected chi connectivity index (χ4v) is 4.81. The van der Waals surface area contributed by atoms with Crippen LogP contribution in [0.4, 0.5) is 5.69 Å². The van der Waals surface area contributed by atoms with Gasteiger partial charge < -0.3 is 15.0 Å². The largest absolute Gasteiger partial charge is 0.457 e. The lowest BCUT2D eigenvalue weighted by molar-refractivity contribution is -0.139. The predicted octanol–water partition coefficient (Wildman–Crippen LogP) is 4.95. The van der Waals surface area contributed by atoms with E-state index >= 15 is 0 Å². The van der Waals surface area contributed by atoms with E-state index in [-0.39, 0.29) is 18.5 Å². The summed E-state index contributed by atoms with van der Waals surface area (Å²) in [5, 5.41) is 2.83. The molecule has 3 aromatic carbocycles. The molecule has 0 unspecified atom stereocenters. The Morgan fingerprint density at radius 2 is 1.47 bits per heavy atom. The zero-order valence-electron chi connectivity index (χ0n) is 21.8. The lowest BCUT2D eigenvalue weighted by atomic mass is 10.1. The summed E-state index contributed by atoms with van der Waals surface area (Å²) in [4.78, 5) is 27.8. The molecule has 3 rings (SSSR count). The van der Waals surface area contributed by atoms with Crippen molar-refractivity contribution in [2.75, 3.05) is 17.1 Å². The van der Waals surface area contributed by atoms with Crippen LogP contribution in [0, 0.1) is 0 Å². The Morgan fingerprint density at radius 3 is 2.03 bits per heavy atom. The van der Waals surface area contributed by atoms with Gasteiger partial charge in [-0.3, -0.25) is 13.9 Å². The van der Waals surface area contributed by atoms with Gasteiger partial charge in [0.1, 0.15) is 24.1 Å². The van der Waals surface area contributed by atoms with Gasteiger partial charge in [0, 0.05) is 17.1 Å². The molecule has 202 valence electrons. The van der Waals surface area contributed by atoms with Crippen molar-refractivity contribution in [3.05, 3.63) is 88.9 Å². The highest BCUT2D eigenvalue weighted by Crippen LogP contribution is 2.26. The molecule has 0 saturated carbocycles. The van der Waals surface area contributed by atoms with Crippen LogP contribution in [0.15, 0.2) is 83.3 Å². The lowest BCUT2D eigenvalue weighted by Crippen LogP contribution is -2.52. The van der Waals surface area contributed by atoms with Crippen molar-refractivity contribution in [1.29, 1.82) is 0 Å². The van der Waals surface area contributed by atoms with E-state index in [0.717, 1.165) is 20.6 Å². The summed E-state index contributed by atoms with van der Waals surface area (Å²) in [5.41, 5.74) is 1.11. The van der Waals surface area contributed by atoms with Crippen LogP contribution < -0.4 is 14.4 Å².